The van der Waals surface area contributed by atoms with Gasteiger partial charge in [-0.15, -0.1) is 0 Å². The number of rotatable bonds is 2. The molecular formula is C8H13N3OS. The van der Waals surface area contributed by atoms with E-state index < -0.39 is 0 Å². The van der Waals surface area contributed by atoms with E-state index in [0.717, 1.165) is 29.5 Å². The largest absolute Gasteiger partial charge is 0.394 e. The zero-order chi connectivity index (χ0) is 9.26. The van der Waals surface area contributed by atoms with Gasteiger partial charge >= 0.3 is 0 Å². The minimum Gasteiger partial charge on any atom is -0.394 e. The molecule has 5 heteroatoms. The van der Waals surface area contributed by atoms with Gasteiger partial charge in [-0.1, -0.05) is 11.3 Å². The van der Waals surface area contributed by atoms with Crippen molar-refractivity contribution in [1.82, 2.24) is 4.98 Å². The van der Waals surface area contributed by atoms with Crippen molar-refractivity contribution in [3.8, 4) is 0 Å². The number of nitrogens with two attached hydrogens (primary N) is 1. The molecule has 1 aliphatic heterocycles. The number of nitrogen functional groups attached to an aromatic ring is 1. The van der Waals surface area contributed by atoms with Crippen molar-refractivity contribution in [2.75, 3.05) is 23.8 Å². The molecular weight excluding hydrogens is 186 g/mol. The molecule has 4 nitrogen and oxygen atoms in total. The molecule has 0 aromatic carbocycles. The molecule has 0 bridgehead atoms. The summed E-state index contributed by atoms with van der Waals surface area (Å²) in [5.41, 5.74) is 5.60. The van der Waals surface area contributed by atoms with Crippen LogP contribution in [0.4, 0.5) is 10.1 Å². The van der Waals surface area contributed by atoms with E-state index in [0.29, 0.717) is 0 Å². The van der Waals surface area contributed by atoms with Gasteiger partial charge in [0.05, 0.1) is 18.8 Å². The van der Waals surface area contributed by atoms with Crippen molar-refractivity contribution >= 4 is 21.5 Å². The Balaban J connectivity index is 2.15. The fraction of sp³-hybridized carbons (Fsp3) is 0.625. The maximum absolute atomic E-state index is 9.11. The van der Waals surface area contributed by atoms with Crippen LogP contribution in [0.5, 0.6) is 0 Å². The highest BCUT2D eigenvalue weighted by molar-refractivity contribution is 7.19. The number of aliphatic hydroxyl groups excluding tert-OH is 1. The molecule has 1 aliphatic rings. The molecule has 1 atom stereocenters. The summed E-state index contributed by atoms with van der Waals surface area (Å²) in [6, 6.07) is 0.241. The lowest BCUT2D eigenvalue weighted by atomic mass is 10.2. The van der Waals surface area contributed by atoms with Crippen LogP contribution in [0.3, 0.4) is 0 Å². The normalized spacial score (nSPS) is 22.5. The second kappa shape index (κ2) is 3.51. The molecule has 2 heterocycles. The van der Waals surface area contributed by atoms with Crippen molar-refractivity contribution in [1.29, 1.82) is 0 Å². The van der Waals surface area contributed by atoms with Crippen LogP contribution in [-0.2, 0) is 0 Å². The van der Waals surface area contributed by atoms with Gasteiger partial charge in [-0.25, -0.2) is 4.98 Å². The van der Waals surface area contributed by atoms with Crippen LogP contribution < -0.4 is 10.6 Å². The second-order valence-corrected chi connectivity index (χ2v) is 4.26. The summed E-state index contributed by atoms with van der Waals surface area (Å²) >= 11 is 1.49. The quantitative estimate of drug-likeness (QED) is 0.735. The van der Waals surface area contributed by atoms with Crippen LogP contribution in [0.25, 0.3) is 0 Å². The molecule has 1 aromatic rings. The maximum atomic E-state index is 9.11. The van der Waals surface area contributed by atoms with E-state index >= 15 is 0 Å². The first-order chi connectivity index (χ1) is 6.31. The highest BCUT2D eigenvalue weighted by Crippen LogP contribution is 2.30. The first-order valence-electron chi connectivity index (χ1n) is 4.40. The molecule has 1 aromatic heterocycles. The molecule has 1 unspecified atom stereocenters. The van der Waals surface area contributed by atoms with E-state index in [1.807, 2.05) is 0 Å². The molecule has 0 saturated carbocycles. The Hall–Kier alpha value is -0.810. The summed E-state index contributed by atoms with van der Waals surface area (Å²) in [7, 11) is 0. The first kappa shape index (κ1) is 8.77. The molecule has 3 N–H and O–H groups in total. The summed E-state index contributed by atoms with van der Waals surface area (Å²) in [6.45, 7) is 1.19. The number of hydrogen-bond donors (Lipinski definition) is 2. The predicted octanol–water partition coefficient (Wildman–Crippen LogP) is 0.686. The topological polar surface area (TPSA) is 62.4 Å². The van der Waals surface area contributed by atoms with E-state index in [2.05, 4.69) is 9.88 Å². The van der Waals surface area contributed by atoms with Gasteiger partial charge in [0, 0.05) is 6.54 Å². The van der Waals surface area contributed by atoms with Gasteiger partial charge < -0.3 is 15.7 Å². The Morgan fingerprint density at radius 1 is 1.77 bits per heavy atom. The Labute approximate surface area is 81.0 Å². The molecule has 72 valence electrons. The number of hydrogen-bond acceptors (Lipinski definition) is 5. The van der Waals surface area contributed by atoms with Crippen molar-refractivity contribution < 1.29 is 5.11 Å². The van der Waals surface area contributed by atoms with E-state index in [4.69, 9.17) is 10.8 Å². The van der Waals surface area contributed by atoms with Crippen LogP contribution in [0.1, 0.15) is 12.8 Å². The third-order valence-corrected chi connectivity index (χ3v) is 3.21. The molecule has 13 heavy (non-hydrogen) atoms. The van der Waals surface area contributed by atoms with Gasteiger partial charge in [-0.2, -0.15) is 0 Å². The monoisotopic (exact) mass is 199 g/mol. The molecule has 0 amide bonds. The zero-order valence-corrected chi connectivity index (χ0v) is 8.13. The molecule has 0 aliphatic carbocycles. The van der Waals surface area contributed by atoms with Crippen LogP contribution >= 0.6 is 11.3 Å². The Morgan fingerprint density at radius 2 is 2.62 bits per heavy atom. The van der Waals surface area contributed by atoms with Crippen LogP contribution in [-0.4, -0.2) is 29.3 Å². The zero-order valence-electron chi connectivity index (χ0n) is 7.31. The molecule has 2 rings (SSSR count). The number of anilines is 2. The summed E-state index contributed by atoms with van der Waals surface area (Å²) in [4.78, 5) is 6.34. The van der Waals surface area contributed by atoms with Gasteiger partial charge in [0.2, 0.25) is 0 Å². The highest BCUT2D eigenvalue weighted by atomic mass is 32.1. The van der Waals surface area contributed by atoms with E-state index in [1.165, 1.54) is 11.3 Å². The third-order valence-electron chi connectivity index (χ3n) is 2.34. The minimum atomic E-state index is 0.208. The molecule has 1 saturated heterocycles. The molecule has 1 fully saturated rings. The Morgan fingerprint density at radius 3 is 3.23 bits per heavy atom. The summed E-state index contributed by atoms with van der Waals surface area (Å²) in [6.07, 6.45) is 3.85. The number of aliphatic hydroxyl groups is 1. The van der Waals surface area contributed by atoms with E-state index in [-0.39, 0.29) is 12.6 Å². The second-order valence-electron chi connectivity index (χ2n) is 3.22. The Kier molecular flexibility index (Phi) is 2.37. The average Bonchev–Trinajstić information content (AvgIpc) is 2.71. The average molecular weight is 199 g/mol. The number of thiazole rings is 1. The fourth-order valence-electron chi connectivity index (χ4n) is 1.69. The molecule has 0 spiro atoms. The van der Waals surface area contributed by atoms with Gasteiger partial charge in [0.25, 0.3) is 0 Å². The first-order valence-corrected chi connectivity index (χ1v) is 5.21. The fourth-order valence-corrected chi connectivity index (χ4v) is 2.47. The number of aromatic nitrogens is 1. The predicted molar refractivity (Wildman–Crippen MR) is 54.0 cm³/mol. The summed E-state index contributed by atoms with van der Waals surface area (Å²) < 4.78 is 0. The van der Waals surface area contributed by atoms with Crippen LogP contribution in [0, 0.1) is 0 Å². The maximum Gasteiger partial charge on any atom is 0.187 e. The van der Waals surface area contributed by atoms with Crippen molar-refractivity contribution in [2.24, 2.45) is 0 Å². The SMILES string of the molecule is Nc1cnc(N2CCCC2CO)s1. The smallest absolute Gasteiger partial charge is 0.187 e. The standard InChI is InChI=1S/C8H13N3OS/c9-7-4-10-8(13-7)11-3-1-2-6(11)5-12/h4,6,12H,1-3,5,9H2. The van der Waals surface area contributed by atoms with E-state index in [1.54, 1.807) is 6.20 Å². The summed E-state index contributed by atoms with van der Waals surface area (Å²) in [5.74, 6) is 0. The van der Waals surface area contributed by atoms with Gasteiger partial charge in [0.1, 0.15) is 5.00 Å². The van der Waals surface area contributed by atoms with Crippen molar-refractivity contribution in [3.05, 3.63) is 6.20 Å². The van der Waals surface area contributed by atoms with Crippen molar-refractivity contribution in [2.45, 2.75) is 18.9 Å². The lowest BCUT2D eigenvalue weighted by molar-refractivity contribution is 0.266. The summed E-state index contributed by atoms with van der Waals surface area (Å²) in [5, 5.41) is 10.8. The lowest BCUT2D eigenvalue weighted by Gasteiger charge is -2.21. The van der Waals surface area contributed by atoms with Crippen molar-refractivity contribution in [3.63, 3.8) is 0 Å². The minimum absolute atomic E-state index is 0.208. The van der Waals surface area contributed by atoms with E-state index in [9.17, 15) is 0 Å². The highest BCUT2D eigenvalue weighted by Gasteiger charge is 2.25. The molecule has 0 radical (unpaired) electrons. The Bertz CT molecular complexity index is 289. The lowest BCUT2D eigenvalue weighted by Crippen LogP contribution is -2.31. The van der Waals surface area contributed by atoms with Crippen LogP contribution in [0.2, 0.25) is 0 Å². The van der Waals surface area contributed by atoms with Crippen LogP contribution in [0.15, 0.2) is 6.20 Å². The van der Waals surface area contributed by atoms with Gasteiger partial charge in [-0.3, -0.25) is 0 Å². The van der Waals surface area contributed by atoms with Gasteiger partial charge in [0.15, 0.2) is 5.13 Å². The van der Waals surface area contributed by atoms with Gasteiger partial charge in [-0.05, 0) is 12.8 Å². The third kappa shape index (κ3) is 1.62. The number of nitrogens with zero attached hydrogens (tertiary/aromatic N) is 2.